The van der Waals surface area contributed by atoms with E-state index in [1.54, 1.807) is 24.3 Å². The molecule has 3 rings (SSSR count). The van der Waals surface area contributed by atoms with Crippen LogP contribution in [-0.2, 0) is 31.1 Å². The number of cyclic esters (lactones) is 1. The molecule has 0 spiro atoms. The van der Waals surface area contributed by atoms with E-state index in [-0.39, 0.29) is 18.6 Å². The molecule has 1 aliphatic heterocycles. The summed E-state index contributed by atoms with van der Waals surface area (Å²) in [5.41, 5.74) is -0.302. The van der Waals surface area contributed by atoms with Crippen LogP contribution in [0.4, 0.5) is 0 Å². The smallest absolute Gasteiger partial charge is 0.324 e. The van der Waals surface area contributed by atoms with Gasteiger partial charge in [-0.1, -0.05) is 70.5 Å². The molecule has 0 unspecified atom stereocenters. The van der Waals surface area contributed by atoms with Gasteiger partial charge in [0.15, 0.2) is 11.2 Å². The molecule has 2 aromatic carbocycles. The molecule has 1 fully saturated rings. The molecule has 0 bridgehead atoms. The number of esters is 2. The van der Waals surface area contributed by atoms with Crippen molar-refractivity contribution in [3.05, 3.63) is 71.3 Å². The predicted octanol–water partition coefficient (Wildman–Crippen LogP) is 3.83. The zero-order valence-corrected chi connectivity index (χ0v) is 17.3. The number of ketones is 1. The highest BCUT2D eigenvalue weighted by Crippen LogP contribution is 2.50. The summed E-state index contributed by atoms with van der Waals surface area (Å²) in [5.74, 6) is -1.25. The van der Waals surface area contributed by atoms with E-state index in [1.807, 2.05) is 30.3 Å². The summed E-state index contributed by atoms with van der Waals surface area (Å²) in [4.78, 5) is 37.3. The number of alkyl halides is 1. The number of hydrogen-bond acceptors (Lipinski definition) is 5. The number of Topliss-reactive ketones (excluding diaryl/α,β-unsaturated/α-hetero) is 1. The minimum atomic E-state index is -1.43. The van der Waals surface area contributed by atoms with Crippen molar-refractivity contribution in [2.45, 2.75) is 25.4 Å². The van der Waals surface area contributed by atoms with Gasteiger partial charge in [-0.15, -0.1) is 0 Å². The largest absolute Gasteiger partial charge is 0.468 e. The average Bonchev–Trinajstić information content (AvgIpc) is 3.02. The van der Waals surface area contributed by atoms with Gasteiger partial charge in [-0.25, -0.2) is 0 Å². The molecule has 1 saturated heterocycles. The van der Waals surface area contributed by atoms with Gasteiger partial charge in [-0.2, -0.15) is 0 Å². The van der Waals surface area contributed by atoms with E-state index >= 15 is 0 Å². The Bertz CT molecular complexity index is 893. The van der Waals surface area contributed by atoms with Crippen molar-refractivity contribution in [2.24, 2.45) is 5.41 Å². The highest BCUT2D eigenvalue weighted by atomic mass is 79.9. The molecule has 0 aromatic heterocycles. The first-order chi connectivity index (χ1) is 13.4. The highest BCUT2D eigenvalue weighted by Gasteiger charge is 2.62. The van der Waals surface area contributed by atoms with Crippen LogP contribution in [0.15, 0.2) is 54.6 Å². The molecule has 0 N–H and O–H groups in total. The van der Waals surface area contributed by atoms with Crippen molar-refractivity contribution in [1.29, 1.82) is 0 Å². The van der Waals surface area contributed by atoms with Crippen molar-refractivity contribution < 1.29 is 23.9 Å². The number of benzene rings is 2. The van der Waals surface area contributed by atoms with Crippen LogP contribution in [0.1, 0.15) is 34.8 Å². The van der Waals surface area contributed by atoms with E-state index < -0.39 is 23.0 Å². The molecule has 6 heteroatoms. The SMILES string of the molecule is COC(=O)[C@@]1(Cc2ccccc2)C[C@](CBr)(c2ccc(C(C)=O)cc2)OC1=O. The lowest BCUT2D eigenvalue weighted by Gasteiger charge is -2.27. The van der Waals surface area contributed by atoms with Gasteiger partial charge in [0.05, 0.1) is 7.11 Å². The Morgan fingerprint density at radius 2 is 1.75 bits per heavy atom. The molecule has 1 aliphatic rings. The van der Waals surface area contributed by atoms with Gasteiger partial charge in [0.2, 0.25) is 0 Å². The number of methoxy groups -OCH3 is 1. The fraction of sp³-hybridized carbons (Fsp3) is 0.318. The third kappa shape index (κ3) is 3.49. The maximum absolute atomic E-state index is 13.0. The molecule has 0 radical (unpaired) electrons. The third-order valence-electron chi connectivity index (χ3n) is 5.22. The Labute approximate surface area is 172 Å². The standard InChI is InChI=1S/C22H21BrO5/c1-15(24)17-8-10-18(11-9-17)22(14-23)13-21(19(25)27-2,20(26)28-22)12-16-6-4-3-5-7-16/h3-11H,12-14H2,1-2H3/t21-,22+/m1/s1. The summed E-state index contributed by atoms with van der Waals surface area (Å²) in [6.45, 7) is 1.49. The molecule has 2 atom stereocenters. The first kappa shape index (κ1) is 20.3. The Morgan fingerprint density at radius 1 is 1.11 bits per heavy atom. The topological polar surface area (TPSA) is 69.7 Å². The minimum Gasteiger partial charge on any atom is -0.468 e. The molecule has 0 saturated carbocycles. The summed E-state index contributed by atoms with van der Waals surface area (Å²) in [7, 11) is 1.28. The molecule has 1 heterocycles. The van der Waals surface area contributed by atoms with E-state index in [9.17, 15) is 14.4 Å². The summed E-state index contributed by atoms with van der Waals surface area (Å²) in [6.07, 6.45) is 0.338. The fourth-order valence-electron chi connectivity index (χ4n) is 3.69. The summed E-state index contributed by atoms with van der Waals surface area (Å²) in [6, 6.07) is 16.3. The molecule has 5 nitrogen and oxygen atoms in total. The minimum absolute atomic E-state index is 0.0455. The number of halogens is 1. The van der Waals surface area contributed by atoms with Gasteiger partial charge >= 0.3 is 11.9 Å². The number of hydrogen-bond donors (Lipinski definition) is 0. The van der Waals surface area contributed by atoms with E-state index in [0.29, 0.717) is 10.9 Å². The molecular formula is C22H21BrO5. The zero-order valence-electron chi connectivity index (χ0n) is 15.7. The second kappa shape index (κ2) is 7.87. The lowest BCUT2D eigenvalue weighted by atomic mass is 9.74. The molecule has 0 aliphatic carbocycles. The zero-order chi connectivity index (χ0) is 20.4. The van der Waals surface area contributed by atoms with Gasteiger partial charge in [0.25, 0.3) is 0 Å². The second-order valence-corrected chi connectivity index (χ2v) is 7.62. The predicted molar refractivity (Wildman–Crippen MR) is 107 cm³/mol. The Hall–Kier alpha value is -2.47. The van der Waals surface area contributed by atoms with Gasteiger partial charge in [0, 0.05) is 17.3 Å². The van der Waals surface area contributed by atoms with Crippen molar-refractivity contribution >= 4 is 33.7 Å². The normalized spacial score (nSPS) is 23.9. The third-order valence-corrected chi connectivity index (χ3v) is 6.13. The number of ether oxygens (including phenoxy) is 2. The summed E-state index contributed by atoms with van der Waals surface area (Å²) >= 11 is 3.46. The van der Waals surface area contributed by atoms with Gasteiger partial charge < -0.3 is 9.47 Å². The van der Waals surface area contributed by atoms with E-state index in [1.165, 1.54) is 14.0 Å². The van der Waals surface area contributed by atoms with Gasteiger partial charge in [0.1, 0.15) is 5.60 Å². The first-order valence-electron chi connectivity index (χ1n) is 8.90. The highest BCUT2D eigenvalue weighted by molar-refractivity contribution is 9.09. The molecule has 28 heavy (non-hydrogen) atoms. The monoisotopic (exact) mass is 444 g/mol. The van der Waals surface area contributed by atoms with Crippen molar-refractivity contribution in [1.82, 2.24) is 0 Å². The molecular weight excluding hydrogens is 424 g/mol. The fourth-order valence-corrected chi connectivity index (χ4v) is 4.33. The van der Waals surface area contributed by atoms with Crippen LogP contribution in [0.2, 0.25) is 0 Å². The Morgan fingerprint density at radius 3 is 2.29 bits per heavy atom. The van der Waals surface area contributed by atoms with Gasteiger partial charge in [-0.05, 0) is 24.5 Å². The van der Waals surface area contributed by atoms with Crippen molar-refractivity contribution in [3.8, 4) is 0 Å². The average molecular weight is 445 g/mol. The van der Waals surface area contributed by atoms with Crippen molar-refractivity contribution in [2.75, 3.05) is 12.4 Å². The van der Waals surface area contributed by atoms with E-state index in [4.69, 9.17) is 9.47 Å². The van der Waals surface area contributed by atoms with Crippen LogP contribution in [-0.4, -0.2) is 30.2 Å². The van der Waals surface area contributed by atoms with Crippen LogP contribution in [0.3, 0.4) is 0 Å². The maximum atomic E-state index is 13.0. The van der Waals surface area contributed by atoms with Crippen LogP contribution in [0.5, 0.6) is 0 Å². The molecule has 0 amide bonds. The summed E-state index contributed by atoms with van der Waals surface area (Å²) < 4.78 is 10.8. The van der Waals surface area contributed by atoms with E-state index in [2.05, 4.69) is 15.9 Å². The lowest BCUT2D eigenvalue weighted by molar-refractivity contribution is -0.164. The number of carbonyl (C=O) groups excluding carboxylic acids is 3. The second-order valence-electron chi connectivity index (χ2n) is 7.06. The van der Waals surface area contributed by atoms with Crippen LogP contribution in [0, 0.1) is 5.41 Å². The maximum Gasteiger partial charge on any atom is 0.324 e. The Balaban J connectivity index is 2.02. The van der Waals surface area contributed by atoms with Gasteiger partial charge in [-0.3, -0.25) is 14.4 Å². The van der Waals surface area contributed by atoms with Crippen molar-refractivity contribution in [3.63, 3.8) is 0 Å². The van der Waals surface area contributed by atoms with Crippen LogP contribution >= 0.6 is 15.9 Å². The van der Waals surface area contributed by atoms with Crippen LogP contribution in [0.25, 0.3) is 0 Å². The Kier molecular flexibility index (Phi) is 5.70. The van der Waals surface area contributed by atoms with E-state index in [0.717, 1.165) is 11.1 Å². The molecule has 146 valence electrons. The first-order valence-corrected chi connectivity index (χ1v) is 10.0. The number of rotatable bonds is 6. The quantitative estimate of drug-likeness (QED) is 0.293. The summed E-state index contributed by atoms with van der Waals surface area (Å²) in [5, 5.41) is 0.318. The molecule has 2 aromatic rings. The lowest BCUT2D eigenvalue weighted by Crippen LogP contribution is -2.39. The van der Waals surface area contributed by atoms with Crippen LogP contribution < -0.4 is 0 Å². The number of carbonyl (C=O) groups is 3.